The number of nitrogens with two attached hydrogens (primary N) is 1. The van der Waals surface area contributed by atoms with E-state index in [1.54, 1.807) is 12.1 Å². The molecule has 0 aromatic heterocycles. The number of hydrogen-bond donors (Lipinski definition) is 1. The molecule has 2 aliphatic heterocycles. The van der Waals surface area contributed by atoms with E-state index >= 15 is 0 Å². The second kappa shape index (κ2) is 11.2. The largest absolute Gasteiger partial charge is 0.368 e. The Bertz CT molecular complexity index is 666. The van der Waals surface area contributed by atoms with Crippen molar-refractivity contribution < 1.29 is 18.8 Å². The van der Waals surface area contributed by atoms with Crippen molar-refractivity contribution in [3.8, 4) is 0 Å². The molecule has 0 unspecified atom stereocenters. The number of hydrogen-bond acceptors (Lipinski definition) is 5. The van der Waals surface area contributed by atoms with Crippen molar-refractivity contribution in [2.75, 3.05) is 32.7 Å². The molecule has 2 saturated heterocycles. The zero-order valence-electron chi connectivity index (χ0n) is 17.1. The maximum absolute atomic E-state index is 12.9. The highest BCUT2D eigenvalue weighted by atomic mass is 19.1. The third-order valence-electron chi connectivity index (χ3n) is 6.15. The van der Waals surface area contributed by atoms with Crippen molar-refractivity contribution >= 4 is 18.5 Å². The highest BCUT2D eigenvalue weighted by Crippen LogP contribution is 2.31. The summed E-state index contributed by atoms with van der Waals surface area (Å²) in [5.74, 6) is -0.464. The fourth-order valence-electron chi connectivity index (χ4n) is 4.43. The monoisotopic (exact) mass is 405 g/mol. The number of nitrogens with zero attached hydrogens (tertiary/aromatic N) is 2. The predicted molar refractivity (Wildman–Crippen MR) is 110 cm³/mol. The maximum Gasteiger partial charge on any atom is 0.238 e. The number of carbonyl (C=O) groups excluding carboxylic acids is 3. The Morgan fingerprint density at radius 2 is 1.59 bits per heavy atom. The van der Waals surface area contributed by atoms with Gasteiger partial charge in [0.25, 0.3) is 0 Å². The molecular formula is C22H32FN3O3. The SMILES string of the molecule is C=O.NC(=O)C1(N2CCCCC2)CCN(CCCC(=O)c2ccc(F)cc2)CC1. The molecule has 0 aliphatic carbocycles. The van der Waals surface area contributed by atoms with E-state index in [-0.39, 0.29) is 17.5 Å². The molecule has 0 atom stereocenters. The molecule has 29 heavy (non-hydrogen) atoms. The number of amides is 1. The zero-order valence-corrected chi connectivity index (χ0v) is 17.1. The molecular weight excluding hydrogens is 373 g/mol. The number of likely N-dealkylation sites (tertiary alicyclic amines) is 2. The first-order chi connectivity index (χ1) is 14.0. The van der Waals surface area contributed by atoms with Crippen LogP contribution in [0.25, 0.3) is 0 Å². The quantitative estimate of drug-likeness (QED) is 0.705. The lowest BCUT2D eigenvalue weighted by Crippen LogP contribution is -2.63. The molecule has 0 bridgehead atoms. The first kappa shape index (κ1) is 23.2. The number of Topliss-reactive ketones (excluding diaryl/α,β-unsaturated/α-hetero) is 1. The van der Waals surface area contributed by atoms with Gasteiger partial charge in [0.15, 0.2) is 5.78 Å². The molecule has 7 heteroatoms. The minimum atomic E-state index is -0.485. The summed E-state index contributed by atoms with van der Waals surface area (Å²) in [6.07, 6.45) is 6.29. The Balaban J connectivity index is 0.00000145. The van der Waals surface area contributed by atoms with Gasteiger partial charge in [0.2, 0.25) is 5.91 Å². The molecule has 6 nitrogen and oxygen atoms in total. The zero-order chi connectivity index (χ0) is 21.3. The van der Waals surface area contributed by atoms with Crippen LogP contribution >= 0.6 is 0 Å². The predicted octanol–water partition coefficient (Wildman–Crippen LogP) is 2.41. The molecule has 0 spiro atoms. The lowest BCUT2D eigenvalue weighted by atomic mass is 9.83. The van der Waals surface area contributed by atoms with Crippen molar-refractivity contribution in [2.24, 2.45) is 5.73 Å². The van der Waals surface area contributed by atoms with E-state index in [0.29, 0.717) is 12.0 Å². The van der Waals surface area contributed by atoms with Crippen LogP contribution in [0.3, 0.4) is 0 Å². The maximum atomic E-state index is 12.9. The summed E-state index contributed by atoms with van der Waals surface area (Å²) in [6.45, 7) is 6.44. The van der Waals surface area contributed by atoms with Gasteiger partial charge in [-0.15, -0.1) is 0 Å². The first-order valence-electron chi connectivity index (χ1n) is 10.4. The van der Waals surface area contributed by atoms with Crippen LogP contribution in [0.5, 0.6) is 0 Å². The molecule has 2 aliphatic rings. The number of rotatable bonds is 7. The minimum absolute atomic E-state index is 0.0480. The van der Waals surface area contributed by atoms with Crippen LogP contribution in [0, 0.1) is 5.82 Å². The molecule has 2 heterocycles. The van der Waals surface area contributed by atoms with Gasteiger partial charge in [0, 0.05) is 25.1 Å². The highest BCUT2D eigenvalue weighted by molar-refractivity contribution is 5.95. The smallest absolute Gasteiger partial charge is 0.238 e. The Morgan fingerprint density at radius 3 is 2.14 bits per heavy atom. The van der Waals surface area contributed by atoms with E-state index in [1.165, 1.54) is 18.6 Å². The Hall–Kier alpha value is -2.12. The summed E-state index contributed by atoms with van der Waals surface area (Å²) >= 11 is 0. The van der Waals surface area contributed by atoms with E-state index in [1.807, 2.05) is 6.79 Å². The van der Waals surface area contributed by atoms with Crippen LogP contribution in [-0.2, 0) is 9.59 Å². The fraction of sp³-hybridized carbons (Fsp3) is 0.591. The molecule has 1 aromatic carbocycles. The molecule has 1 amide bonds. The topological polar surface area (TPSA) is 83.7 Å². The van der Waals surface area contributed by atoms with Crippen molar-refractivity contribution in [1.82, 2.24) is 9.80 Å². The van der Waals surface area contributed by atoms with Gasteiger partial charge in [-0.2, -0.15) is 0 Å². The summed E-state index contributed by atoms with van der Waals surface area (Å²) in [5.41, 5.74) is 5.90. The fourth-order valence-corrected chi connectivity index (χ4v) is 4.43. The lowest BCUT2D eigenvalue weighted by Gasteiger charge is -2.48. The third kappa shape index (κ3) is 5.93. The van der Waals surface area contributed by atoms with Crippen molar-refractivity contribution in [2.45, 2.75) is 50.5 Å². The van der Waals surface area contributed by atoms with Gasteiger partial charge in [-0.1, -0.05) is 6.42 Å². The molecule has 0 saturated carbocycles. The van der Waals surface area contributed by atoms with Gasteiger partial charge in [-0.3, -0.25) is 14.5 Å². The van der Waals surface area contributed by atoms with Gasteiger partial charge in [0.1, 0.15) is 18.1 Å². The third-order valence-corrected chi connectivity index (χ3v) is 6.15. The summed E-state index contributed by atoms with van der Waals surface area (Å²) < 4.78 is 12.9. The van der Waals surface area contributed by atoms with Crippen LogP contribution in [0.2, 0.25) is 0 Å². The standard InChI is InChI=1S/C21H30FN3O2.CH2O/c22-18-8-6-17(7-9-18)19(26)5-4-12-24-15-10-21(11-16-24,20(23)27)25-13-2-1-3-14-25;1-2/h6-9H,1-5,10-16H2,(H2,23,27);1H2. The number of ketones is 1. The van der Waals surface area contributed by atoms with E-state index in [2.05, 4.69) is 9.80 Å². The van der Waals surface area contributed by atoms with Crippen LogP contribution in [0.15, 0.2) is 24.3 Å². The minimum Gasteiger partial charge on any atom is -0.368 e. The van der Waals surface area contributed by atoms with E-state index in [9.17, 15) is 14.0 Å². The summed E-state index contributed by atoms with van der Waals surface area (Å²) in [6, 6.07) is 5.72. The van der Waals surface area contributed by atoms with E-state index in [4.69, 9.17) is 10.5 Å². The van der Waals surface area contributed by atoms with Gasteiger partial charge in [-0.05, 0) is 76.0 Å². The number of carbonyl (C=O) groups is 3. The summed E-state index contributed by atoms with van der Waals surface area (Å²) in [5, 5.41) is 0. The van der Waals surface area contributed by atoms with Crippen molar-refractivity contribution in [3.05, 3.63) is 35.6 Å². The van der Waals surface area contributed by atoms with Crippen molar-refractivity contribution in [3.63, 3.8) is 0 Å². The Kier molecular flexibility index (Phi) is 8.92. The summed E-state index contributed by atoms with van der Waals surface area (Å²) in [4.78, 5) is 37.1. The van der Waals surface area contributed by atoms with Gasteiger partial charge in [0.05, 0.1) is 0 Å². The molecule has 1 aromatic rings. The van der Waals surface area contributed by atoms with Gasteiger partial charge < -0.3 is 15.4 Å². The summed E-state index contributed by atoms with van der Waals surface area (Å²) in [7, 11) is 0. The normalized spacial score (nSPS) is 19.8. The van der Waals surface area contributed by atoms with Gasteiger partial charge in [-0.25, -0.2) is 4.39 Å². The molecule has 3 rings (SSSR count). The number of piperidine rings is 2. The van der Waals surface area contributed by atoms with E-state index < -0.39 is 5.54 Å². The molecule has 0 radical (unpaired) electrons. The molecule has 160 valence electrons. The number of benzene rings is 1. The second-order valence-electron chi connectivity index (χ2n) is 7.82. The molecule has 2 N–H and O–H groups in total. The second-order valence-corrected chi connectivity index (χ2v) is 7.82. The van der Waals surface area contributed by atoms with Crippen LogP contribution in [-0.4, -0.2) is 66.5 Å². The number of primary amides is 1. The van der Waals surface area contributed by atoms with Crippen molar-refractivity contribution in [1.29, 1.82) is 0 Å². The average Bonchev–Trinajstić information content (AvgIpc) is 2.76. The molecule has 2 fully saturated rings. The number of halogens is 1. The Labute approximate surface area is 172 Å². The van der Waals surface area contributed by atoms with Crippen LogP contribution in [0.1, 0.15) is 55.3 Å². The van der Waals surface area contributed by atoms with Crippen LogP contribution in [0.4, 0.5) is 4.39 Å². The van der Waals surface area contributed by atoms with Gasteiger partial charge >= 0.3 is 0 Å². The lowest BCUT2D eigenvalue weighted by molar-refractivity contribution is -0.135. The highest BCUT2D eigenvalue weighted by Gasteiger charge is 2.44. The van der Waals surface area contributed by atoms with Crippen LogP contribution < -0.4 is 5.73 Å². The van der Waals surface area contributed by atoms with E-state index in [0.717, 1.165) is 64.8 Å². The average molecular weight is 406 g/mol. The Morgan fingerprint density at radius 1 is 1.00 bits per heavy atom. The first-order valence-corrected chi connectivity index (χ1v) is 10.4.